The standard InChI is InChI=1S/C20H18FN3O3/c1-11-17(18(24-27-11)12-5-7-14(21)8-6-12)19(25)13-9-16(22-10-13)20(26)23-15-3-2-4-15/h5-10,15,22H,2-4H2,1H3,(H,23,26). The Morgan fingerprint density at radius 2 is 2.00 bits per heavy atom. The summed E-state index contributed by atoms with van der Waals surface area (Å²) in [6.07, 6.45) is 4.59. The minimum atomic E-state index is -0.375. The van der Waals surface area contributed by atoms with Crippen LogP contribution in [0.3, 0.4) is 0 Å². The summed E-state index contributed by atoms with van der Waals surface area (Å²) in [6, 6.07) is 7.41. The molecule has 0 spiro atoms. The van der Waals surface area contributed by atoms with E-state index < -0.39 is 0 Å². The second-order valence-electron chi connectivity index (χ2n) is 6.70. The zero-order chi connectivity index (χ0) is 19.0. The quantitative estimate of drug-likeness (QED) is 0.674. The van der Waals surface area contributed by atoms with Gasteiger partial charge in [-0.2, -0.15) is 0 Å². The van der Waals surface area contributed by atoms with E-state index in [9.17, 15) is 14.0 Å². The molecule has 6 nitrogen and oxygen atoms in total. The largest absolute Gasteiger partial charge is 0.360 e. The molecule has 0 aliphatic heterocycles. The molecule has 2 heterocycles. The number of hydrogen-bond donors (Lipinski definition) is 2. The molecule has 7 heteroatoms. The minimum Gasteiger partial charge on any atom is -0.360 e. The molecule has 27 heavy (non-hydrogen) atoms. The van der Waals surface area contributed by atoms with E-state index in [-0.39, 0.29) is 23.5 Å². The second kappa shape index (κ2) is 6.83. The molecule has 1 aliphatic carbocycles. The van der Waals surface area contributed by atoms with Gasteiger partial charge in [0, 0.05) is 23.4 Å². The molecule has 1 aliphatic rings. The number of aryl methyl sites for hydroxylation is 1. The Kier molecular flexibility index (Phi) is 4.35. The van der Waals surface area contributed by atoms with Crippen LogP contribution in [0, 0.1) is 12.7 Å². The van der Waals surface area contributed by atoms with Crippen molar-refractivity contribution in [1.29, 1.82) is 0 Å². The molecule has 138 valence electrons. The van der Waals surface area contributed by atoms with Gasteiger partial charge in [0.25, 0.3) is 5.91 Å². The molecule has 3 aromatic rings. The molecule has 0 atom stereocenters. The summed E-state index contributed by atoms with van der Waals surface area (Å²) in [7, 11) is 0. The maximum absolute atomic E-state index is 13.2. The van der Waals surface area contributed by atoms with E-state index in [1.54, 1.807) is 6.92 Å². The van der Waals surface area contributed by atoms with Crippen molar-refractivity contribution in [1.82, 2.24) is 15.5 Å². The van der Waals surface area contributed by atoms with E-state index >= 15 is 0 Å². The number of nitrogens with one attached hydrogen (secondary N) is 2. The van der Waals surface area contributed by atoms with Crippen molar-refractivity contribution in [3.05, 3.63) is 64.9 Å². The number of rotatable bonds is 5. The molecule has 2 aromatic heterocycles. The normalized spacial score (nSPS) is 14.0. The Morgan fingerprint density at radius 1 is 1.26 bits per heavy atom. The monoisotopic (exact) mass is 367 g/mol. The Bertz CT molecular complexity index is 1000. The van der Waals surface area contributed by atoms with Crippen LogP contribution in [0.2, 0.25) is 0 Å². The second-order valence-corrected chi connectivity index (χ2v) is 6.70. The van der Waals surface area contributed by atoms with Crippen molar-refractivity contribution in [2.24, 2.45) is 0 Å². The number of aromatic nitrogens is 2. The van der Waals surface area contributed by atoms with Crippen molar-refractivity contribution < 1.29 is 18.5 Å². The molecule has 0 bridgehead atoms. The summed E-state index contributed by atoms with van der Waals surface area (Å²) < 4.78 is 18.4. The van der Waals surface area contributed by atoms with Gasteiger partial charge in [-0.05, 0) is 56.5 Å². The predicted octanol–water partition coefficient (Wildman–Crippen LogP) is 3.63. The molecule has 0 saturated heterocycles. The first-order valence-electron chi connectivity index (χ1n) is 8.79. The highest BCUT2D eigenvalue weighted by molar-refractivity contribution is 6.13. The summed E-state index contributed by atoms with van der Waals surface area (Å²) in [5, 5.41) is 6.88. The number of amides is 1. The van der Waals surface area contributed by atoms with Crippen LogP contribution in [-0.4, -0.2) is 27.9 Å². The minimum absolute atomic E-state index is 0.213. The third-order valence-corrected chi connectivity index (χ3v) is 4.84. The zero-order valence-corrected chi connectivity index (χ0v) is 14.7. The lowest BCUT2D eigenvalue weighted by Gasteiger charge is -2.25. The SMILES string of the molecule is Cc1onc(-c2ccc(F)cc2)c1C(=O)c1c[nH]c(C(=O)NC2CCC2)c1. The Labute approximate surface area is 154 Å². The number of hydrogen-bond acceptors (Lipinski definition) is 4. The molecule has 1 fully saturated rings. The molecule has 1 saturated carbocycles. The van der Waals surface area contributed by atoms with Crippen molar-refractivity contribution >= 4 is 11.7 Å². The molecule has 0 unspecified atom stereocenters. The summed E-state index contributed by atoms with van der Waals surface area (Å²) in [6.45, 7) is 1.64. The van der Waals surface area contributed by atoms with Crippen LogP contribution < -0.4 is 5.32 Å². The van der Waals surface area contributed by atoms with Gasteiger partial charge >= 0.3 is 0 Å². The lowest BCUT2D eigenvalue weighted by molar-refractivity contribution is 0.0912. The lowest BCUT2D eigenvalue weighted by atomic mass is 9.93. The van der Waals surface area contributed by atoms with Crippen LogP contribution in [0.4, 0.5) is 4.39 Å². The highest BCUT2D eigenvalue weighted by Gasteiger charge is 2.25. The van der Waals surface area contributed by atoms with Crippen molar-refractivity contribution in [3.63, 3.8) is 0 Å². The molecule has 0 radical (unpaired) electrons. The van der Waals surface area contributed by atoms with Gasteiger partial charge in [-0.15, -0.1) is 0 Å². The van der Waals surface area contributed by atoms with Gasteiger partial charge in [0.05, 0.1) is 5.56 Å². The van der Waals surface area contributed by atoms with Gasteiger partial charge in [-0.3, -0.25) is 9.59 Å². The van der Waals surface area contributed by atoms with E-state index in [1.165, 1.54) is 36.5 Å². The zero-order valence-electron chi connectivity index (χ0n) is 14.7. The maximum atomic E-state index is 13.2. The van der Waals surface area contributed by atoms with E-state index in [1.807, 2.05) is 0 Å². The van der Waals surface area contributed by atoms with Crippen LogP contribution in [0.1, 0.15) is 51.4 Å². The number of benzene rings is 1. The first kappa shape index (κ1) is 17.2. The van der Waals surface area contributed by atoms with Gasteiger partial charge in [0.2, 0.25) is 0 Å². The molecule has 1 amide bonds. The first-order valence-corrected chi connectivity index (χ1v) is 8.79. The number of ketones is 1. The molecular weight excluding hydrogens is 349 g/mol. The summed E-state index contributed by atoms with van der Waals surface area (Å²) in [4.78, 5) is 28.1. The molecule has 2 N–H and O–H groups in total. The van der Waals surface area contributed by atoms with Crippen LogP contribution >= 0.6 is 0 Å². The number of nitrogens with zero attached hydrogens (tertiary/aromatic N) is 1. The Balaban J connectivity index is 1.61. The van der Waals surface area contributed by atoms with Gasteiger partial charge < -0.3 is 14.8 Å². The number of carbonyl (C=O) groups excluding carboxylic acids is 2. The average molecular weight is 367 g/mol. The van der Waals surface area contributed by atoms with E-state index in [4.69, 9.17) is 4.52 Å². The number of halogens is 1. The summed E-state index contributed by atoms with van der Waals surface area (Å²) >= 11 is 0. The molecular formula is C20H18FN3O3. The number of carbonyl (C=O) groups is 2. The van der Waals surface area contributed by atoms with E-state index in [0.29, 0.717) is 33.8 Å². The van der Waals surface area contributed by atoms with Crippen LogP contribution in [0.25, 0.3) is 11.3 Å². The fourth-order valence-electron chi connectivity index (χ4n) is 3.06. The maximum Gasteiger partial charge on any atom is 0.267 e. The van der Waals surface area contributed by atoms with Crippen LogP contribution in [0.5, 0.6) is 0 Å². The highest BCUT2D eigenvalue weighted by atomic mass is 19.1. The van der Waals surface area contributed by atoms with Crippen molar-refractivity contribution in [2.45, 2.75) is 32.2 Å². The predicted molar refractivity (Wildman–Crippen MR) is 96.0 cm³/mol. The average Bonchev–Trinajstić information content (AvgIpc) is 3.25. The molecule has 1 aromatic carbocycles. The van der Waals surface area contributed by atoms with Gasteiger partial charge in [-0.1, -0.05) is 5.16 Å². The highest BCUT2D eigenvalue weighted by Crippen LogP contribution is 2.28. The fraction of sp³-hybridized carbons (Fsp3) is 0.250. The van der Waals surface area contributed by atoms with E-state index in [2.05, 4.69) is 15.5 Å². The van der Waals surface area contributed by atoms with Crippen molar-refractivity contribution in [3.8, 4) is 11.3 Å². The molecule has 4 rings (SSSR count). The van der Waals surface area contributed by atoms with Crippen LogP contribution in [0.15, 0.2) is 41.1 Å². The lowest BCUT2D eigenvalue weighted by Crippen LogP contribution is -2.39. The number of aromatic amines is 1. The first-order chi connectivity index (χ1) is 13.0. The van der Waals surface area contributed by atoms with Crippen molar-refractivity contribution in [2.75, 3.05) is 0 Å². The van der Waals surface area contributed by atoms with Gasteiger partial charge in [0.1, 0.15) is 23.0 Å². The topological polar surface area (TPSA) is 88.0 Å². The Morgan fingerprint density at radius 3 is 2.67 bits per heavy atom. The van der Waals surface area contributed by atoms with Crippen LogP contribution in [-0.2, 0) is 0 Å². The third-order valence-electron chi connectivity index (χ3n) is 4.84. The van der Waals surface area contributed by atoms with E-state index in [0.717, 1.165) is 19.3 Å². The van der Waals surface area contributed by atoms with Gasteiger partial charge in [-0.25, -0.2) is 4.39 Å². The summed E-state index contributed by atoms with van der Waals surface area (Å²) in [5.41, 5.74) is 1.90. The third kappa shape index (κ3) is 3.28. The summed E-state index contributed by atoms with van der Waals surface area (Å²) in [5.74, 6) is -0.549. The number of H-pyrrole nitrogens is 1. The van der Waals surface area contributed by atoms with Gasteiger partial charge in [0.15, 0.2) is 5.78 Å². The Hall–Kier alpha value is -3.22. The fourth-order valence-corrected chi connectivity index (χ4v) is 3.06. The smallest absolute Gasteiger partial charge is 0.267 e.